The molecule has 0 N–H and O–H groups in total. The Morgan fingerprint density at radius 3 is 2.57 bits per heavy atom. The van der Waals surface area contributed by atoms with Gasteiger partial charge in [0, 0.05) is 4.47 Å². The number of alkyl halides is 1. The molecule has 0 unspecified atom stereocenters. The lowest BCUT2D eigenvalue weighted by Gasteiger charge is -2.03. The van der Waals surface area contributed by atoms with Crippen molar-refractivity contribution >= 4 is 26.7 Å². The van der Waals surface area contributed by atoms with Crippen LogP contribution in [0.1, 0.15) is 0 Å². The van der Waals surface area contributed by atoms with E-state index in [1.165, 1.54) is 0 Å². The molecule has 0 heterocycles. The van der Waals surface area contributed by atoms with Crippen LogP contribution in [0.2, 0.25) is 0 Å². The monoisotopic (exact) mass is 254 g/mol. The molecule has 0 amide bonds. The summed E-state index contributed by atoms with van der Waals surface area (Å²) in [6.07, 6.45) is 0. The highest BCUT2D eigenvalue weighted by molar-refractivity contribution is 9.10. The third-order valence-electron chi connectivity index (χ3n) is 1.99. The second-order valence-electron chi connectivity index (χ2n) is 2.91. The summed E-state index contributed by atoms with van der Waals surface area (Å²) in [5.74, 6) is 0.558. The molecule has 3 heteroatoms. The highest BCUT2D eigenvalue weighted by Gasteiger charge is 1.97. The van der Waals surface area contributed by atoms with Crippen LogP contribution in [0.5, 0.6) is 5.75 Å². The number of benzene rings is 2. The molecule has 0 radical (unpaired) electrons. The van der Waals surface area contributed by atoms with Crippen molar-refractivity contribution in [2.45, 2.75) is 0 Å². The standard InChI is InChI=1S/C11H8BrFO/c12-10-3-1-9-6-11(14-7-13)4-2-8(9)5-10/h1-6H,7H2. The fourth-order valence-corrected chi connectivity index (χ4v) is 1.73. The number of rotatable bonds is 2. The molecule has 0 saturated heterocycles. The summed E-state index contributed by atoms with van der Waals surface area (Å²) in [7, 11) is 0. The van der Waals surface area contributed by atoms with E-state index in [0.717, 1.165) is 15.2 Å². The molecule has 1 nitrogen and oxygen atoms in total. The van der Waals surface area contributed by atoms with E-state index in [1.807, 2.05) is 30.3 Å². The molecule has 0 aliphatic heterocycles. The molecule has 0 aromatic heterocycles. The third-order valence-corrected chi connectivity index (χ3v) is 2.49. The number of halogens is 2. The van der Waals surface area contributed by atoms with Crippen LogP contribution in [0.4, 0.5) is 4.39 Å². The SMILES string of the molecule is FCOc1ccc2cc(Br)ccc2c1. The summed E-state index contributed by atoms with van der Waals surface area (Å²) in [5.41, 5.74) is 0. The van der Waals surface area contributed by atoms with Crippen molar-refractivity contribution in [1.29, 1.82) is 0 Å². The molecule has 2 rings (SSSR count). The first-order chi connectivity index (χ1) is 6.79. The molecule has 0 spiro atoms. The smallest absolute Gasteiger partial charge is 0.228 e. The van der Waals surface area contributed by atoms with E-state index in [-0.39, 0.29) is 0 Å². The number of hydrogen-bond acceptors (Lipinski definition) is 1. The van der Waals surface area contributed by atoms with Crippen LogP contribution in [0.15, 0.2) is 40.9 Å². The van der Waals surface area contributed by atoms with E-state index in [2.05, 4.69) is 15.9 Å². The van der Waals surface area contributed by atoms with Gasteiger partial charge in [-0.05, 0) is 35.0 Å². The summed E-state index contributed by atoms with van der Waals surface area (Å²) in [5, 5.41) is 2.14. The largest absolute Gasteiger partial charge is 0.463 e. The molecular formula is C11H8BrFO. The summed E-state index contributed by atoms with van der Waals surface area (Å²) < 4.78 is 17.7. The maximum Gasteiger partial charge on any atom is 0.228 e. The van der Waals surface area contributed by atoms with E-state index in [1.54, 1.807) is 6.07 Å². The van der Waals surface area contributed by atoms with E-state index in [9.17, 15) is 4.39 Å². The minimum absolute atomic E-state index is 0.558. The van der Waals surface area contributed by atoms with Crippen molar-refractivity contribution < 1.29 is 9.13 Å². The lowest BCUT2D eigenvalue weighted by molar-refractivity contribution is 0.192. The number of fused-ring (bicyclic) bond motifs is 1. The van der Waals surface area contributed by atoms with Crippen molar-refractivity contribution in [2.24, 2.45) is 0 Å². The van der Waals surface area contributed by atoms with E-state index < -0.39 is 6.86 Å². The predicted octanol–water partition coefficient (Wildman–Crippen LogP) is 3.91. The van der Waals surface area contributed by atoms with Crippen molar-refractivity contribution in [2.75, 3.05) is 6.86 Å². The fraction of sp³-hybridized carbons (Fsp3) is 0.0909. The molecule has 0 atom stereocenters. The van der Waals surface area contributed by atoms with Gasteiger partial charge in [-0.25, -0.2) is 4.39 Å². The number of hydrogen-bond donors (Lipinski definition) is 0. The van der Waals surface area contributed by atoms with Crippen LogP contribution in [-0.4, -0.2) is 6.86 Å². The topological polar surface area (TPSA) is 9.23 Å². The van der Waals surface area contributed by atoms with E-state index in [0.29, 0.717) is 5.75 Å². The fourth-order valence-electron chi connectivity index (χ4n) is 1.35. The zero-order chi connectivity index (χ0) is 9.97. The second kappa shape index (κ2) is 3.96. The molecular weight excluding hydrogens is 247 g/mol. The maximum atomic E-state index is 11.9. The Labute approximate surface area is 89.6 Å². The number of ether oxygens (including phenoxy) is 1. The summed E-state index contributed by atoms with van der Waals surface area (Å²) in [4.78, 5) is 0. The predicted molar refractivity (Wildman–Crippen MR) is 58.3 cm³/mol. The first-order valence-electron chi connectivity index (χ1n) is 4.18. The summed E-state index contributed by atoms with van der Waals surface area (Å²) >= 11 is 3.39. The Morgan fingerprint density at radius 2 is 1.79 bits per heavy atom. The lowest BCUT2D eigenvalue weighted by Crippen LogP contribution is -1.89. The Morgan fingerprint density at radius 1 is 1.07 bits per heavy atom. The summed E-state index contributed by atoms with van der Waals surface area (Å²) in [6.45, 7) is -0.790. The van der Waals surface area contributed by atoms with Crippen molar-refractivity contribution in [3.8, 4) is 5.75 Å². The quantitative estimate of drug-likeness (QED) is 0.790. The summed E-state index contributed by atoms with van der Waals surface area (Å²) in [6, 6.07) is 11.4. The molecule has 2 aromatic carbocycles. The van der Waals surface area contributed by atoms with Crippen molar-refractivity contribution in [3.63, 3.8) is 0 Å². The van der Waals surface area contributed by atoms with Crippen LogP contribution < -0.4 is 4.74 Å². The van der Waals surface area contributed by atoms with Gasteiger partial charge in [-0.15, -0.1) is 0 Å². The van der Waals surface area contributed by atoms with Gasteiger partial charge in [0.25, 0.3) is 0 Å². The van der Waals surface area contributed by atoms with Crippen molar-refractivity contribution in [3.05, 3.63) is 40.9 Å². The Bertz CT molecular complexity index is 456. The molecule has 14 heavy (non-hydrogen) atoms. The Balaban J connectivity index is 2.50. The molecule has 0 fully saturated rings. The van der Waals surface area contributed by atoms with Gasteiger partial charge in [0.15, 0.2) is 0 Å². The van der Waals surface area contributed by atoms with Gasteiger partial charge in [-0.2, -0.15) is 0 Å². The first kappa shape index (κ1) is 9.46. The Hall–Kier alpha value is -1.09. The van der Waals surface area contributed by atoms with Gasteiger partial charge >= 0.3 is 0 Å². The van der Waals surface area contributed by atoms with Crippen LogP contribution >= 0.6 is 15.9 Å². The van der Waals surface area contributed by atoms with Gasteiger partial charge in [-0.3, -0.25) is 0 Å². The highest BCUT2D eigenvalue weighted by Crippen LogP contribution is 2.23. The molecule has 0 aliphatic carbocycles. The minimum Gasteiger partial charge on any atom is -0.463 e. The van der Waals surface area contributed by atoms with Gasteiger partial charge in [0.05, 0.1) is 0 Å². The average molecular weight is 255 g/mol. The molecule has 0 bridgehead atoms. The third kappa shape index (κ3) is 1.87. The lowest BCUT2D eigenvalue weighted by atomic mass is 10.1. The zero-order valence-corrected chi connectivity index (χ0v) is 8.92. The van der Waals surface area contributed by atoms with Crippen molar-refractivity contribution in [1.82, 2.24) is 0 Å². The molecule has 72 valence electrons. The molecule has 0 aliphatic rings. The van der Waals surface area contributed by atoms with Crippen LogP contribution in [0, 0.1) is 0 Å². The van der Waals surface area contributed by atoms with Gasteiger partial charge in [0.1, 0.15) is 5.75 Å². The highest BCUT2D eigenvalue weighted by atomic mass is 79.9. The van der Waals surface area contributed by atoms with E-state index in [4.69, 9.17) is 4.74 Å². The second-order valence-corrected chi connectivity index (χ2v) is 3.82. The van der Waals surface area contributed by atoms with Crippen LogP contribution in [-0.2, 0) is 0 Å². The average Bonchev–Trinajstić information content (AvgIpc) is 2.19. The zero-order valence-electron chi connectivity index (χ0n) is 7.34. The minimum atomic E-state index is -0.790. The first-order valence-corrected chi connectivity index (χ1v) is 4.97. The molecule has 2 aromatic rings. The van der Waals surface area contributed by atoms with Crippen LogP contribution in [0.3, 0.4) is 0 Å². The van der Waals surface area contributed by atoms with E-state index >= 15 is 0 Å². The maximum absolute atomic E-state index is 11.9. The van der Waals surface area contributed by atoms with Gasteiger partial charge in [-0.1, -0.05) is 28.1 Å². The van der Waals surface area contributed by atoms with Gasteiger partial charge in [0.2, 0.25) is 6.86 Å². The molecule has 0 saturated carbocycles. The normalized spacial score (nSPS) is 10.4. The Kier molecular flexibility index (Phi) is 2.68. The van der Waals surface area contributed by atoms with Crippen LogP contribution in [0.25, 0.3) is 10.8 Å². The van der Waals surface area contributed by atoms with Gasteiger partial charge < -0.3 is 4.74 Å².